The van der Waals surface area contributed by atoms with E-state index in [0.29, 0.717) is 5.65 Å². The van der Waals surface area contributed by atoms with Gasteiger partial charge in [0, 0.05) is 34.6 Å². The molecule has 2 heterocycles. The molecule has 0 aliphatic heterocycles. The first-order valence-corrected chi connectivity index (χ1v) is 9.95. The van der Waals surface area contributed by atoms with Crippen molar-refractivity contribution in [2.24, 2.45) is 0 Å². The normalized spacial score (nSPS) is 18.3. The van der Waals surface area contributed by atoms with Gasteiger partial charge in [0.2, 0.25) is 0 Å². The van der Waals surface area contributed by atoms with E-state index in [9.17, 15) is 17.7 Å². The Morgan fingerprint density at radius 1 is 1.38 bits per heavy atom. The van der Waals surface area contributed by atoms with Gasteiger partial charge in [-0.05, 0) is 46.1 Å². The van der Waals surface area contributed by atoms with Gasteiger partial charge in [-0.15, -0.1) is 4.72 Å². The van der Waals surface area contributed by atoms with Crippen LogP contribution in [0.5, 0.6) is 0 Å². The van der Waals surface area contributed by atoms with Gasteiger partial charge in [-0.25, -0.2) is 18.2 Å². The van der Waals surface area contributed by atoms with E-state index in [1.54, 1.807) is 31.5 Å². The zero-order valence-electron chi connectivity index (χ0n) is 14.7. The lowest BCUT2D eigenvalue weighted by Crippen LogP contribution is -2.43. The quantitative estimate of drug-likeness (QED) is 0.565. The molecule has 1 aliphatic carbocycles. The monoisotopic (exact) mass is 407 g/mol. The molecule has 0 radical (unpaired) electrons. The van der Waals surface area contributed by atoms with E-state index in [2.05, 4.69) is 9.71 Å². The Morgan fingerprint density at radius 3 is 2.54 bits per heavy atom. The van der Waals surface area contributed by atoms with Crippen molar-refractivity contribution in [2.75, 3.05) is 0 Å². The summed E-state index contributed by atoms with van der Waals surface area (Å²) in [5, 5.41) is -0.0231. The number of pyridine rings is 1. The Morgan fingerprint density at radius 2 is 2.04 bits per heavy atom. The second kappa shape index (κ2) is 7.22. The van der Waals surface area contributed by atoms with E-state index >= 15 is 0 Å². The molecule has 3 rings (SSSR count). The second-order valence-corrected chi connectivity index (χ2v) is 9.88. The van der Waals surface area contributed by atoms with E-state index < -0.39 is 34.4 Å². The summed E-state index contributed by atoms with van der Waals surface area (Å²) in [5.41, 5.74) is 0.563. The summed E-state index contributed by atoms with van der Waals surface area (Å²) in [4.78, 5) is 4.07. The van der Waals surface area contributed by atoms with Gasteiger partial charge in [-0.3, -0.25) is 0 Å². The van der Waals surface area contributed by atoms with E-state index in [0.717, 1.165) is 25.3 Å². The van der Waals surface area contributed by atoms with Crippen LogP contribution in [-0.4, -0.2) is 25.3 Å². The maximum atomic E-state index is 14.0. The first-order chi connectivity index (χ1) is 12.1. The molecule has 144 valence electrons. The summed E-state index contributed by atoms with van der Waals surface area (Å²) in [7, 11) is 0. The van der Waals surface area contributed by atoms with Gasteiger partial charge < -0.3 is 9.12 Å². The number of halogens is 4. The number of alkyl halides is 2. The van der Waals surface area contributed by atoms with Crippen LogP contribution >= 0.6 is 11.6 Å². The largest absolute Gasteiger partial charge is 0.598 e. The highest BCUT2D eigenvalue weighted by Crippen LogP contribution is 2.39. The van der Waals surface area contributed by atoms with Gasteiger partial charge in [-0.2, -0.15) is 0 Å². The number of aromatic nitrogens is 2. The SMILES string of the molecule is CC(C)(C)[S@+]([O-])N[C@@H](c1cn(C2CCC2)c2nc(Cl)c(F)cc12)C(F)F. The van der Waals surface area contributed by atoms with Gasteiger partial charge in [0.15, 0.2) is 11.0 Å². The van der Waals surface area contributed by atoms with Crippen molar-refractivity contribution in [3.05, 3.63) is 28.8 Å². The molecule has 26 heavy (non-hydrogen) atoms. The predicted molar refractivity (Wildman–Crippen MR) is 97.4 cm³/mol. The van der Waals surface area contributed by atoms with Crippen molar-refractivity contribution in [2.45, 2.75) is 63.3 Å². The summed E-state index contributed by atoms with van der Waals surface area (Å²) >= 11 is 4.10. The Balaban J connectivity index is 2.10. The molecule has 0 saturated heterocycles. The van der Waals surface area contributed by atoms with Crippen molar-refractivity contribution in [1.82, 2.24) is 14.3 Å². The van der Waals surface area contributed by atoms with Crippen LogP contribution in [0.1, 0.15) is 57.7 Å². The van der Waals surface area contributed by atoms with Gasteiger partial charge in [-0.1, -0.05) is 11.6 Å². The summed E-state index contributed by atoms with van der Waals surface area (Å²) in [6.07, 6.45) is 1.60. The number of fused-ring (bicyclic) bond motifs is 1. The van der Waals surface area contributed by atoms with Crippen LogP contribution in [0.3, 0.4) is 0 Å². The molecule has 1 fully saturated rings. The third-order valence-electron chi connectivity index (χ3n) is 4.59. The van der Waals surface area contributed by atoms with E-state index in [1.165, 1.54) is 0 Å². The Bertz CT molecular complexity index is 805. The fourth-order valence-corrected chi connectivity index (χ4v) is 3.83. The highest BCUT2D eigenvalue weighted by atomic mass is 35.5. The van der Waals surface area contributed by atoms with Crippen LogP contribution < -0.4 is 4.72 Å². The van der Waals surface area contributed by atoms with Gasteiger partial charge in [0.05, 0.1) is 0 Å². The van der Waals surface area contributed by atoms with Crippen LogP contribution in [0, 0.1) is 5.82 Å². The molecule has 0 amide bonds. The Hall–Kier alpha value is -0.960. The second-order valence-electron chi connectivity index (χ2n) is 7.52. The van der Waals surface area contributed by atoms with Crippen LogP contribution in [-0.2, 0) is 11.4 Å². The maximum Gasteiger partial charge on any atom is 0.262 e. The molecule has 0 unspecified atom stereocenters. The number of nitrogens with one attached hydrogen (secondary N) is 1. The van der Waals surface area contributed by atoms with Gasteiger partial charge in [0.1, 0.15) is 16.4 Å². The molecule has 2 atom stereocenters. The fourth-order valence-electron chi connectivity index (χ4n) is 2.88. The van der Waals surface area contributed by atoms with Gasteiger partial charge in [0.25, 0.3) is 6.43 Å². The molecule has 0 aromatic carbocycles. The van der Waals surface area contributed by atoms with Crippen molar-refractivity contribution < 1.29 is 17.7 Å². The molecular formula is C17H21ClF3N3OS. The molecular weight excluding hydrogens is 387 g/mol. The molecule has 2 aromatic heterocycles. The summed E-state index contributed by atoms with van der Waals surface area (Å²) in [6.45, 7) is 5.08. The highest BCUT2D eigenvalue weighted by molar-refractivity contribution is 7.90. The average molecular weight is 408 g/mol. The van der Waals surface area contributed by atoms with Crippen LogP contribution in [0.4, 0.5) is 13.2 Å². The third kappa shape index (κ3) is 3.69. The Kier molecular flexibility index (Phi) is 5.50. The van der Waals surface area contributed by atoms with Crippen LogP contribution in [0.2, 0.25) is 5.15 Å². The lowest BCUT2D eigenvalue weighted by Gasteiger charge is -2.28. The number of rotatable bonds is 5. The first kappa shape index (κ1) is 19.8. The van der Waals surface area contributed by atoms with Gasteiger partial charge >= 0.3 is 0 Å². The Labute approximate surface area is 158 Å². The maximum absolute atomic E-state index is 14.0. The highest BCUT2D eigenvalue weighted by Gasteiger charge is 2.36. The molecule has 1 saturated carbocycles. The smallest absolute Gasteiger partial charge is 0.262 e. The van der Waals surface area contributed by atoms with E-state index in [-0.39, 0.29) is 22.1 Å². The van der Waals surface area contributed by atoms with Crippen molar-refractivity contribution in [3.8, 4) is 0 Å². The van der Waals surface area contributed by atoms with E-state index in [1.807, 2.05) is 0 Å². The molecule has 1 N–H and O–H groups in total. The molecule has 4 nitrogen and oxygen atoms in total. The minimum atomic E-state index is -2.82. The molecule has 1 aliphatic rings. The summed E-state index contributed by atoms with van der Waals surface area (Å²) in [5.74, 6) is -0.767. The van der Waals surface area contributed by atoms with Crippen molar-refractivity contribution >= 4 is 34.0 Å². The van der Waals surface area contributed by atoms with Crippen LogP contribution in [0.25, 0.3) is 11.0 Å². The summed E-state index contributed by atoms with van der Waals surface area (Å²) in [6, 6.07) is -0.236. The minimum absolute atomic E-state index is 0.131. The zero-order valence-corrected chi connectivity index (χ0v) is 16.3. The lowest BCUT2D eigenvalue weighted by atomic mass is 9.93. The zero-order chi connectivity index (χ0) is 19.2. The van der Waals surface area contributed by atoms with E-state index in [4.69, 9.17) is 11.6 Å². The lowest BCUT2D eigenvalue weighted by molar-refractivity contribution is 0.109. The molecule has 9 heteroatoms. The molecule has 0 bridgehead atoms. The number of hydrogen-bond acceptors (Lipinski definition) is 3. The fraction of sp³-hybridized carbons (Fsp3) is 0.588. The van der Waals surface area contributed by atoms with Crippen LogP contribution in [0.15, 0.2) is 12.3 Å². The number of nitrogens with zero attached hydrogens (tertiary/aromatic N) is 2. The minimum Gasteiger partial charge on any atom is -0.598 e. The number of hydrogen-bond donors (Lipinski definition) is 1. The standard InChI is InChI=1S/C17H21ClF3N3OS/c1-17(2,3)26(25)23-13(15(20)21)11-8-24(9-5-4-6-9)16-10(11)7-12(19)14(18)22-16/h7-9,13,15,23H,4-6H2,1-3H3/t13-,26-/m0/s1. The predicted octanol–water partition coefficient (Wildman–Crippen LogP) is 4.91. The summed E-state index contributed by atoms with van der Waals surface area (Å²) < 4.78 is 57.5. The molecule has 0 spiro atoms. The van der Waals surface area contributed by atoms with Crippen molar-refractivity contribution in [1.29, 1.82) is 0 Å². The van der Waals surface area contributed by atoms with Crippen molar-refractivity contribution in [3.63, 3.8) is 0 Å². The topological polar surface area (TPSA) is 52.9 Å². The third-order valence-corrected chi connectivity index (χ3v) is 6.44. The first-order valence-electron chi connectivity index (χ1n) is 8.42. The average Bonchev–Trinajstić information content (AvgIpc) is 2.80. The molecule has 2 aromatic rings.